The Bertz CT molecular complexity index is 1100. The minimum Gasteiger partial charge on any atom is -0.493 e. The van der Waals surface area contributed by atoms with Crippen molar-refractivity contribution in [1.82, 2.24) is 24.7 Å². The van der Waals surface area contributed by atoms with E-state index in [9.17, 15) is 0 Å². The predicted octanol–water partition coefficient (Wildman–Crippen LogP) is 4.41. The Hall–Kier alpha value is -3.13. The lowest BCUT2D eigenvalue weighted by Crippen LogP contribution is -2.01. The van der Waals surface area contributed by atoms with Crippen LogP contribution in [0.4, 0.5) is 0 Å². The second-order valence-electron chi connectivity index (χ2n) is 6.27. The van der Waals surface area contributed by atoms with E-state index < -0.39 is 0 Å². The molecule has 0 saturated carbocycles. The number of aromatic amines is 1. The molecule has 0 aliphatic carbocycles. The molecule has 3 aromatic heterocycles. The summed E-state index contributed by atoms with van der Waals surface area (Å²) in [5, 5.41) is 9.87. The minimum atomic E-state index is 0.595. The zero-order chi connectivity index (χ0) is 19.7. The predicted molar refractivity (Wildman–Crippen MR) is 109 cm³/mol. The molecule has 1 aromatic carbocycles. The number of thiazole rings is 1. The first-order valence-corrected chi connectivity index (χ1v) is 9.82. The van der Waals surface area contributed by atoms with Crippen molar-refractivity contribution in [3.8, 4) is 39.3 Å². The maximum Gasteiger partial charge on any atom is 0.229 e. The molecule has 4 aromatic rings. The highest BCUT2D eigenvalue weighted by Gasteiger charge is 2.17. The van der Waals surface area contributed by atoms with E-state index in [2.05, 4.69) is 33.6 Å². The zero-order valence-corrected chi connectivity index (χ0v) is 17.0. The van der Waals surface area contributed by atoms with Gasteiger partial charge in [0.2, 0.25) is 5.95 Å². The van der Waals surface area contributed by atoms with Crippen LogP contribution < -0.4 is 9.47 Å². The van der Waals surface area contributed by atoms with Crippen LogP contribution in [0.5, 0.6) is 11.5 Å². The van der Waals surface area contributed by atoms with E-state index in [1.165, 1.54) is 6.33 Å². The van der Waals surface area contributed by atoms with Gasteiger partial charge in [-0.05, 0) is 45.0 Å². The highest BCUT2D eigenvalue weighted by Crippen LogP contribution is 2.36. The molecule has 28 heavy (non-hydrogen) atoms. The molecular formula is C20H21N5O2S. The van der Waals surface area contributed by atoms with Crippen LogP contribution in [0.2, 0.25) is 0 Å². The summed E-state index contributed by atoms with van der Waals surface area (Å²) in [7, 11) is 1.65. The number of nitrogens with one attached hydrogen (secondary N) is 1. The quantitative estimate of drug-likeness (QED) is 0.523. The Kier molecular flexibility index (Phi) is 4.87. The summed E-state index contributed by atoms with van der Waals surface area (Å²) in [6.07, 6.45) is 1.51. The summed E-state index contributed by atoms with van der Waals surface area (Å²) in [4.78, 5) is 9.12. The van der Waals surface area contributed by atoms with Crippen molar-refractivity contribution < 1.29 is 9.47 Å². The van der Waals surface area contributed by atoms with Gasteiger partial charge in [0.1, 0.15) is 11.3 Å². The highest BCUT2D eigenvalue weighted by atomic mass is 32.1. The van der Waals surface area contributed by atoms with Gasteiger partial charge >= 0.3 is 0 Å². The fraction of sp³-hybridized carbons (Fsp3) is 0.250. The maximum atomic E-state index is 5.60. The molecule has 7 nitrogen and oxygen atoms in total. The van der Waals surface area contributed by atoms with Gasteiger partial charge in [-0.15, -0.1) is 11.3 Å². The number of hydrogen-bond acceptors (Lipinski definition) is 6. The van der Waals surface area contributed by atoms with Crippen LogP contribution in [0.15, 0.2) is 36.0 Å². The van der Waals surface area contributed by atoms with Crippen LogP contribution >= 0.6 is 11.3 Å². The van der Waals surface area contributed by atoms with Crippen molar-refractivity contribution in [3.05, 3.63) is 47.4 Å². The van der Waals surface area contributed by atoms with Gasteiger partial charge in [-0.3, -0.25) is 4.57 Å². The van der Waals surface area contributed by atoms with Crippen LogP contribution in [-0.4, -0.2) is 38.4 Å². The number of benzene rings is 1. The van der Waals surface area contributed by atoms with Gasteiger partial charge in [-0.2, -0.15) is 10.1 Å². The Balaban J connectivity index is 1.70. The Morgan fingerprint density at radius 2 is 2.04 bits per heavy atom. The normalized spacial score (nSPS) is 11.0. The molecule has 0 spiro atoms. The third-order valence-electron chi connectivity index (χ3n) is 4.54. The number of nitrogens with zero attached hydrogens (tertiary/aromatic N) is 4. The standard InChI is InChI=1S/C20H21N5O2S/c1-5-27-17-7-6-14(9-18(17)26-4)19-23-16(10-28-19)15-8-12(2)25(13(15)3)20-21-11-22-24-20/h6-11H,5H2,1-4H3,(H,21,22,24). The van der Waals surface area contributed by atoms with E-state index in [-0.39, 0.29) is 0 Å². The Labute approximate surface area is 167 Å². The largest absolute Gasteiger partial charge is 0.493 e. The molecule has 3 heterocycles. The molecule has 0 aliphatic heterocycles. The van der Waals surface area contributed by atoms with Gasteiger partial charge in [0, 0.05) is 27.9 Å². The number of aryl methyl sites for hydroxylation is 1. The maximum absolute atomic E-state index is 5.60. The van der Waals surface area contributed by atoms with Crippen molar-refractivity contribution in [2.24, 2.45) is 0 Å². The van der Waals surface area contributed by atoms with Crippen LogP contribution in [0, 0.1) is 13.8 Å². The molecule has 1 N–H and O–H groups in total. The Morgan fingerprint density at radius 1 is 1.18 bits per heavy atom. The molecule has 144 valence electrons. The van der Waals surface area contributed by atoms with Gasteiger partial charge in [0.25, 0.3) is 0 Å². The van der Waals surface area contributed by atoms with Crippen LogP contribution in [0.1, 0.15) is 18.3 Å². The summed E-state index contributed by atoms with van der Waals surface area (Å²) < 4.78 is 13.1. The molecule has 0 radical (unpaired) electrons. The molecule has 0 saturated heterocycles. The first kappa shape index (κ1) is 18.2. The van der Waals surface area contributed by atoms with Crippen molar-refractivity contribution in [2.75, 3.05) is 13.7 Å². The summed E-state index contributed by atoms with van der Waals surface area (Å²) in [6, 6.07) is 8.02. The van der Waals surface area contributed by atoms with E-state index in [0.717, 1.165) is 39.0 Å². The van der Waals surface area contributed by atoms with E-state index in [1.54, 1.807) is 18.4 Å². The second-order valence-corrected chi connectivity index (χ2v) is 7.12. The fourth-order valence-electron chi connectivity index (χ4n) is 3.26. The molecule has 0 amide bonds. The monoisotopic (exact) mass is 395 g/mol. The summed E-state index contributed by atoms with van der Waals surface area (Å²) in [5.41, 5.74) is 5.15. The molecule has 0 atom stereocenters. The lowest BCUT2D eigenvalue weighted by molar-refractivity contribution is 0.311. The van der Waals surface area contributed by atoms with E-state index in [0.29, 0.717) is 18.3 Å². The zero-order valence-electron chi connectivity index (χ0n) is 16.2. The number of hydrogen-bond donors (Lipinski definition) is 1. The second kappa shape index (κ2) is 7.47. The highest BCUT2D eigenvalue weighted by molar-refractivity contribution is 7.13. The topological polar surface area (TPSA) is 77.9 Å². The summed E-state index contributed by atoms with van der Waals surface area (Å²) >= 11 is 1.60. The average molecular weight is 395 g/mol. The molecule has 0 aliphatic rings. The van der Waals surface area contributed by atoms with E-state index >= 15 is 0 Å². The molecule has 0 bridgehead atoms. The SMILES string of the molecule is CCOc1ccc(-c2nc(-c3cc(C)n(-c4ncn[nH]4)c3C)cs2)cc1OC. The van der Waals surface area contributed by atoms with Gasteiger partial charge in [0.15, 0.2) is 11.5 Å². The van der Waals surface area contributed by atoms with E-state index in [1.807, 2.05) is 36.6 Å². The van der Waals surface area contributed by atoms with Crippen molar-refractivity contribution in [1.29, 1.82) is 0 Å². The molecule has 4 rings (SSSR count). The first-order valence-electron chi connectivity index (χ1n) is 8.94. The number of aromatic nitrogens is 5. The van der Waals surface area contributed by atoms with Gasteiger partial charge in [0.05, 0.1) is 19.4 Å². The van der Waals surface area contributed by atoms with E-state index in [4.69, 9.17) is 14.5 Å². The van der Waals surface area contributed by atoms with Crippen LogP contribution in [0.3, 0.4) is 0 Å². The van der Waals surface area contributed by atoms with Crippen LogP contribution in [0.25, 0.3) is 27.8 Å². The van der Waals surface area contributed by atoms with Crippen molar-refractivity contribution in [2.45, 2.75) is 20.8 Å². The first-order chi connectivity index (χ1) is 13.6. The lowest BCUT2D eigenvalue weighted by Gasteiger charge is -2.09. The molecule has 8 heteroatoms. The van der Waals surface area contributed by atoms with Gasteiger partial charge in [-0.1, -0.05) is 0 Å². The third kappa shape index (κ3) is 3.16. The Morgan fingerprint density at radius 3 is 2.75 bits per heavy atom. The summed E-state index contributed by atoms with van der Waals surface area (Å²) in [5.74, 6) is 2.15. The average Bonchev–Trinajstić information content (AvgIpc) is 3.43. The third-order valence-corrected chi connectivity index (χ3v) is 5.43. The fourth-order valence-corrected chi connectivity index (χ4v) is 4.08. The summed E-state index contributed by atoms with van der Waals surface area (Å²) in [6.45, 7) is 6.65. The molecule has 0 unspecified atom stereocenters. The number of rotatable bonds is 6. The van der Waals surface area contributed by atoms with Crippen LogP contribution in [-0.2, 0) is 0 Å². The number of ether oxygens (including phenoxy) is 2. The van der Waals surface area contributed by atoms with Gasteiger partial charge < -0.3 is 9.47 Å². The van der Waals surface area contributed by atoms with Gasteiger partial charge in [-0.25, -0.2) is 10.1 Å². The number of methoxy groups -OCH3 is 1. The lowest BCUT2D eigenvalue weighted by atomic mass is 10.2. The van der Waals surface area contributed by atoms with Crippen molar-refractivity contribution >= 4 is 11.3 Å². The number of H-pyrrole nitrogens is 1. The molecule has 0 fully saturated rings. The smallest absolute Gasteiger partial charge is 0.229 e. The molecular weight excluding hydrogens is 374 g/mol. The van der Waals surface area contributed by atoms with Crippen molar-refractivity contribution in [3.63, 3.8) is 0 Å². The minimum absolute atomic E-state index is 0.595.